The van der Waals surface area contributed by atoms with E-state index < -0.39 is 0 Å². The van der Waals surface area contributed by atoms with E-state index in [-0.39, 0.29) is 19.5 Å². The second-order valence-corrected chi connectivity index (χ2v) is 15.3. The topological polar surface area (TPSA) is 9.23 Å². The monoisotopic (exact) mass is 390 g/mol. The molecule has 0 radical (unpaired) electrons. The Balaban J connectivity index is 2.53. The molecule has 0 fully saturated rings. The van der Waals surface area contributed by atoms with Crippen molar-refractivity contribution in [1.29, 1.82) is 0 Å². The van der Waals surface area contributed by atoms with Crippen molar-refractivity contribution in [2.45, 2.75) is 19.8 Å². The van der Waals surface area contributed by atoms with Crippen LogP contribution in [-0.2, 0) is 0 Å². The molecule has 0 unspecified atom stereocenters. The van der Waals surface area contributed by atoms with Gasteiger partial charge in [0.2, 0.25) is 0 Å². The molecule has 0 atom stereocenters. The van der Waals surface area contributed by atoms with Gasteiger partial charge in [-0.25, -0.2) is 0 Å². The summed E-state index contributed by atoms with van der Waals surface area (Å²) in [6.45, 7) is 4.56. The van der Waals surface area contributed by atoms with Gasteiger partial charge in [-0.3, -0.25) is 0 Å². The van der Waals surface area contributed by atoms with Crippen LogP contribution in [0.4, 0.5) is 0 Å². The maximum absolute atomic E-state index is 5.42. The van der Waals surface area contributed by atoms with Gasteiger partial charge in [-0.15, -0.1) is 0 Å². The molecular weight excluding hydrogens is 375 g/mol. The van der Waals surface area contributed by atoms with Crippen molar-refractivity contribution in [2.75, 3.05) is 7.11 Å². The second kappa shape index (κ2) is 4.68. The Hall–Kier alpha value is 0.679. The van der Waals surface area contributed by atoms with Crippen LogP contribution in [0.1, 0.15) is 25.3 Å². The SMILES string of the molecule is COc1ccc(C(C)C)c2c1[Te]S[Se]2. The standard InChI is InChI=1S/C10H12OSSeTe/c1-6(2)7-4-5-8(11-3)10-9(7)13-12-14-10/h4-6H,1-3H3. The summed E-state index contributed by atoms with van der Waals surface area (Å²) >= 11 is 0.654. The van der Waals surface area contributed by atoms with Crippen LogP contribution in [-0.4, -0.2) is 40.5 Å². The number of methoxy groups -OCH3 is 1. The summed E-state index contributed by atoms with van der Waals surface area (Å²) in [4.78, 5) is 0. The van der Waals surface area contributed by atoms with E-state index in [1.165, 1.54) is 0 Å². The first kappa shape index (κ1) is 11.2. The first-order chi connectivity index (χ1) is 6.74. The number of fused-ring (bicyclic) bond motifs is 1. The van der Waals surface area contributed by atoms with Gasteiger partial charge in [0.15, 0.2) is 0 Å². The number of hydrogen-bond donors (Lipinski definition) is 0. The van der Waals surface area contributed by atoms with Crippen LogP contribution in [0.15, 0.2) is 12.1 Å². The van der Waals surface area contributed by atoms with Gasteiger partial charge in [0.05, 0.1) is 0 Å². The Morgan fingerprint density at radius 2 is 2.21 bits per heavy atom. The van der Waals surface area contributed by atoms with Crippen molar-refractivity contribution in [2.24, 2.45) is 0 Å². The molecule has 76 valence electrons. The van der Waals surface area contributed by atoms with Gasteiger partial charge in [0, 0.05) is 0 Å². The van der Waals surface area contributed by atoms with Crippen molar-refractivity contribution in [3.8, 4) is 5.75 Å². The Bertz CT molecular complexity index is 354. The van der Waals surface area contributed by atoms with Gasteiger partial charge in [0.1, 0.15) is 0 Å². The zero-order valence-corrected chi connectivity index (χ0v) is 13.2. The Morgan fingerprint density at radius 3 is 2.86 bits per heavy atom. The van der Waals surface area contributed by atoms with E-state index in [9.17, 15) is 0 Å². The third-order valence-electron chi connectivity index (χ3n) is 2.18. The molecule has 0 spiro atoms. The van der Waals surface area contributed by atoms with Gasteiger partial charge in [-0.05, 0) is 0 Å². The summed E-state index contributed by atoms with van der Waals surface area (Å²) in [5.74, 6) is 1.79. The summed E-state index contributed by atoms with van der Waals surface area (Å²) < 4.78 is 8.64. The van der Waals surface area contributed by atoms with Gasteiger partial charge in [-0.2, -0.15) is 0 Å². The zero-order valence-electron chi connectivity index (χ0n) is 8.37. The van der Waals surface area contributed by atoms with E-state index >= 15 is 0 Å². The van der Waals surface area contributed by atoms with Crippen LogP contribution >= 0.6 is 7.41 Å². The van der Waals surface area contributed by atoms with Crippen LogP contribution in [0.5, 0.6) is 5.75 Å². The fourth-order valence-corrected chi connectivity index (χ4v) is 17.6. The summed E-state index contributed by atoms with van der Waals surface area (Å²) in [5, 5.41) is 0. The molecule has 1 aliphatic heterocycles. The fourth-order valence-electron chi connectivity index (χ4n) is 1.43. The zero-order chi connectivity index (χ0) is 10.1. The molecule has 1 heterocycles. The van der Waals surface area contributed by atoms with Gasteiger partial charge >= 0.3 is 104 Å². The summed E-state index contributed by atoms with van der Waals surface area (Å²) in [6, 6.07) is 4.41. The predicted octanol–water partition coefficient (Wildman–Crippen LogP) is 1.05. The van der Waals surface area contributed by atoms with E-state index in [4.69, 9.17) is 4.74 Å². The Labute approximate surface area is 103 Å². The Morgan fingerprint density at radius 1 is 1.43 bits per heavy atom. The first-order valence-electron chi connectivity index (χ1n) is 4.46. The molecule has 0 saturated carbocycles. The average Bonchev–Trinajstić information content (AvgIpc) is 2.64. The van der Waals surface area contributed by atoms with Gasteiger partial charge in [-0.1, -0.05) is 0 Å². The molecule has 4 heteroatoms. The van der Waals surface area contributed by atoms with Gasteiger partial charge < -0.3 is 0 Å². The van der Waals surface area contributed by atoms with E-state index in [0.717, 1.165) is 5.75 Å². The molecule has 0 saturated heterocycles. The quantitative estimate of drug-likeness (QED) is 0.703. The molecule has 2 rings (SSSR count). The molecule has 0 amide bonds. The van der Waals surface area contributed by atoms with E-state index in [2.05, 4.69) is 33.4 Å². The van der Waals surface area contributed by atoms with Crippen molar-refractivity contribution in [1.82, 2.24) is 0 Å². The minimum absolute atomic E-state index is 0.00416. The van der Waals surface area contributed by atoms with E-state index in [1.54, 1.807) is 20.7 Å². The molecule has 1 aliphatic rings. The minimum atomic E-state index is -0.00416. The fraction of sp³-hybridized carbons (Fsp3) is 0.400. The van der Waals surface area contributed by atoms with Crippen LogP contribution in [0, 0.1) is 0 Å². The summed E-state index contributed by atoms with van der Waals surface area (Å²) in [5.41, 5.74) is 1.55. The van der Waals surface area contributed by atoms with Crippen LogP contribution in [0.2, 0.25) is 0 Å². The van der Waals surface area contributed by atoms with Crippen LogP contribution in [0.3, 0.4) is 0 Å². The summed E-state index contributed by atoms with van der Waals surface area (Å²) in [6.07, 6.45) is 0. The normalized spacial score (nSPS) is 14.6. The molecule has 0 aliphatic carbocycles. The Kier molecular flexibility index (Phi) is 3.73. The molecule has 0 bridgehead atoms. The first-order valence-corrected chi connectivity index (χ1v) is 12.1. The number of rotatable bonds is 2. The number of ether oxygens (including phenoxy) is 1. The van der Waals surface area contributed by atoms with Crippen molar-refractivity contribution >= 4 is 48.9 Å². The molecule has 1 aromatic rings. The third-order valence-corrected chi connectivity index (χ3v) is 15.0. The number of hydrogen-bond acceptors (Lipinski definition) is 2. The van der Waals surface area contributed by atoms with Crippen molar-refractivity contribution < 1.29 is 4.74 Å². The van der Waals surface area contributed by atoms with E-state index in [1.807, 2.05) is 0 Å². The average molecular weight is 387 g/mol. The molecular formula is C10H12OSSeTe. The van der Waals surface area contributed by atoms with Crippen LogP contribution < -0.4 is 12.8 Å². The molecule has 14 heavy (non-hydrogen) atoms. The summed E-state index contributed by atoms with van der Waals surface area (Å²) in [7, 11) is 3.96. The molecule has 0 aromatic heterocycles. The van der Waals surface area contributed by atoms with Crippen LogP contribution in [0.25, 0.3) is 0 Å². The second-order valence-electron chi connectivity index (χ2n) is 3.40. The molecule has 1 nitrogen and oxygen atoms in total. The predicted molar refractivity (Wildman–Crippen MR) is 65.5 cm³/mol. The number of benzene rings is 1. The van der Waals surface area contributed by atoms with E-state index in [0.29, 0.717) is 19.8 Å². The van der Waals surface area contributed by atoms with Crippen molar-refractivity contribution in [3.05, 3.63) is 17.7 Å². The maximum atomic E-state index is 5.42. The van der Waals surface area contributed by atoms with Gasteiger partial charge in [0.25, 0.3) is 0 Å². The molecule has 1 aromatic carbocycles. The van der Waals surface area contributed by atoms with Crippen molar-refractivity contribution in [3.63, 3.8) is 0 Å². The third kappa shape index (κ3) is 1.96. The molecule has 0 N–H and O–H groups in total.